The summed E-state index contributed by atoms with van der Waals surface area (Å²) >= 11 is 0. The number of esters is 1. The van der Waals surface area contributed by atoms with Gasteiger partial charge in [0, 0.05) is 37.2 Å². The monoisotopic (exact) mass is 404 g/mol. The molecular formula is C23H36N2O4. The van der Waals surface area contributed by atoms with Crippen LogP contribution in [0.4, 0.5) is 0 Å². The fourth-order valence-electron chi connectivity index (χ4n) is 6.60. The van der Waals surface area contributed by atoms with E-state index in [0.717, 1.165) is 32.4 Å². The Morgan fingerprint density at radius 3 is 2.76 bits per heavy atom. The Balaban J connectivity index is 1.62. The first kappa shape index (κ1) is 20.9. The molecule has 4 aliphatic rings. The number of carbonyl (C=O) groups excluding carboxylic acids is 1. The van der Waals surface area contributed by atoms with Crippen LogP contribution in [-0.2, 0) is 19.0 Å². The highest BCUT2D eigenvalue weighted by atomic mass is 16.5. The van der Waals surface area contributed by atoms with Crippen molar-refractivity contribution in [2.45, 2.75) is 63.6 Å². The lowest BCUT2D eigenvalue weighted by atomic mass is 9.68. The van der Waals surface area contributed by atoms with Gasteiger partial charge in [-0.05, 0) is 50.5 Å². The van der Waals surface area contributed by atoms with Gasteiger partial charge < -0.3 is 14.2 Å². The van der Waals surface area contributed by atoms with Gasteiger partial charge in [-0.2, -0.15) is 0 Å². The molecule has 0 aromatic carbocycles. The molecule has 4 rings (SSSR count). The minimum atomic E-state index is -0.266. The lowest BCUT2D eigenvalue weighted by Gasteiger charge is -2.49. The zero-order valence-electron chi connectivity index (χ0n) is 18.3. The fourth-order valence-corrected chi connectivity index (χ4v) is 6.60. The molecule has 1 aliphatic carbocycles. The van der Waals surface area contributed by atoms with Gasteiger partial charge in [0.1, 0.15) is 0 Å². The van der Waals surface area contributed by atoms with E-state index >= 15 is 0 Å². The van der Waals surface area contributed by atoms with Gasteiger partial charge in [-0.3, -0.25) is 9.89 Å². The second kappa shape index (κ2) is 8.76. The van der Waals surface area contributed by atoms with Crippen LogP contribution in [0.2, 0.25) is 0 Å². The van der Waals surface area contributed by atoms with Crippen molar-refractivity contribution in [3.8, 4) is 0 Å². The van der Waals surface area contributed by atoms with Crippen molar-refractivity contribution in [1.29, 1.82) is 0 Å². The number of piperidine rings is 2. The summed E-state index contributed by atoms with van der Waals surface area (Å²) in [6.07, 6.45) is 8.66. The summed E-state index contributed by atoms with van der Waals surface area (Å²) in [4.78, 5) is 20.4. The molecular weight excluding hydrogens is 368 g/mol. The van der Waals surface area contributed by atoms with Crippen molar-refractivity contribution in [2.75, 3.05) is 34.4 Å². The van der Waals surface area contributed by atoms with Crippen molar-refractivity contribution in [3.05, 3.63) is 11.8 Å². The third-order valence-corrected chi connectivity index (χ3v) is 7.94. The van der Waals surface area contributed by atoms with E-state index in [1.165, 1.54) is 32.1 Å². The molecule has 0 aromatic heterocycles. The lowest BCUT2D eigenvalue weighted by molar-refractivity contribution is -0.137. The molecule has 3 heterocycles. The number of aliphatic imine (C=N–C) groups is 1. The molecule has 0 aromatic rings. The van der Waals surface area contributed by atoms with Crippen LogP contribution < -0.4 is 0 Å². The lowest BCUT2D eigenvalue weighted by Crippen LogP contribution is -2.57. The van der Waals surface area contributed by atoms with Gasteiger partial charge in [0.05, 0.1) is 38.2 Å². The normalized spacial score (nSPS) is 39.8. The highest BCUT2D eigenvalue weighted by Gasteiger charge is 2.52. The molecule has 6 nitrogen and oxygen atoms in total. The summed E-state index contributed by atoms with van der Waals surface area (Å²) in [5, 5.41) is 0. The number of carbonyl (C=O) groups is 1. The molecule has 0 amide bonds. The summed E-state index contributed by atoms with van der Waals surface area (Å²) in [6, 6.07) is 0.750. The molecule has 0 radical (unpaired) electrons. The smallest absolute Gasteiger partial charge is 0.337 e. The predicted molar refractivity (Wildman–Crippen MR) is 112 cm³/mol. The fraction of sp³-hybridized carbons (Fsp3) is 0.826. The molecule has 3 fully saturated rings. The summed E-state index contributed by atoms with van der Waals surface area (Å²) in [7, 11) is 4.92. The Morgan fingerprint density at radius 2 is 2.07 bits per heavy atom. The number of nitrogens with zero attached hydrogens (tertiary/aromatic N) is 2. The highest BCUT2D eigenvalue weighted by Crippen LogP contribution is 2.47. The van der Waals surface area contributed by atoms with Crippen LogP contribution in [0.25, 0.3) is 0 Å². The second-order valence-corrected chi connectivity index (χ2v) is 9.12. The summed E-state index contributed by atoms with van der Waals surface area (Å²) < 4.78 is 16.3. The molecule has 6 heteroatoms. The quantitative estimate of drug-likeness (QED) is 0.400. The van der Waals surface area contributed by atoms with Gasteiger partial charge in [0.2, 0.25) is 0 Å². The first-order chi connectivity index (χ1) is 14.1. The average Bonchev–Trinajstić information content (AvgIpc) is 3.15. The first-order valence-electron chi connectivity index (χ1n) is 11.3. The predicted octanol–water partition coefficient (Wildman–Crippen LogP) is 3.06. The minimum absolute atomic E-state index is 0.149. The van der Waals surface area contributed by atoms with Crippen molar-refractivity contribution in [2.24, 2.45) is 28.7 Å². The highest BCUT2D eigenvalue weighted by molar-refractivity contribution is 5.95. The van der Waals surface area contributed by atoms with Gasteiger partial charge in [-0.15, -0.1) is 0 Å². The molecule has 1 saturated carbocycles. The van der Waals surface area contributed by atoms with Crippen LogP contribution >= 0.6 is 0 Å². The summed E-state index contributed by atoms with van der Waals surface area (Å²) in [5.41, 5.74) is 2.06. The van der Waals surface area contributed by atoms with E-state index in [4.69, 9.17) is 19.2 Å². The Hall–Kier alpha value is -1.40. The van der Waals surface area contributed by atoms with E-state index in [1.807, 2.05) is 7.11 Å². The van der Waals surface area contributed by atoms with E-state index in [1.54, 1.807) is 13.4 Å². The largest absolute Gasteiger partial charge is 0.504 e. The summed E-state index contributed by atoms with van der Waals surface area (Å²) in [5.74, 6) is 1.40. The van der Waals surface area contributed by atoms with Crippen LogP contribution in [0.1, 0.15) is 45.4 Å². The molecule has 162 valence electrons. The molecule has 29 heavy (non-hydrogen) atoms. The van der Waals surface area contributed by atoms with Gasteiger partial charge >= 0.3 is 5.97 Å². The van der Waals surface area contributed by atoms with E-state index < -0.39 is 0 Å². The molecule has 3 aliphatic heterocycles. The molecule has 0 bridgehead atoms. The Morgan fingerprint density at radius 1 is 1.24 bits per heavy atom. The first-order valence-corrected chi connectivity index (χ1v) is 11.3. The van der Waals surface area contributed by atoms with Crippen LogP contribution in [0, 0.1) is 23.7 Å². The van der Waals surface area contributed by atoms with E-state index in [-0.39, 0.29) is 11.9 Å². The van der Waals surface area contributed by atoms with Crippen LogP contribution in [0.15, 0.2) is 16.8 Å². The van der Waals surface area contributed by atoms with Gasteiger partial charge in [0.15, 0.2) is 0 Å². The number of rotatable bonds is 5. The number of hydrogen-bond donors (Lipinski definition) is 0. The van der Waals surface area contributed by atoms with E-state index in [9.17, 15) is 4.79 Å². The number of methoxy groups -OCH3 is 3. The third-order valence-electron chi connectivity index (χ3n) is 7.94. The Bertz CT molecular complexity index is 676. The number of ether oxygens (including phenoxy) is 3. The molecule has 0 N–H and O–H groups in total. The molecule has 0 spiro atoms. The van der Waals surface area contributed by atoms with Crippen molar-refractivity contribution in [3.63, 3.8) is 0 Å². The standard InChI is InChI=1S/C23H36N2O4/c1-5-14-12-25-10-9-15-21-18(7-6-8-20(21)28-3)24-22(15)19(25)11-16(14)17(13-27-2)23(26)29-4/h13-16,18-21H,5-12H2,1-4H3/b17-13+/t14-,15?,16+,18?,19?,20?,21?/m1/s1. The maximum atomic E-state index is 12.5. The number of hydrogen-bond acceptors (Lipinski definition) is 6. The van der Waals surface area contributed by atoms with Crippen molar-refractivity contribution >= 4 is 11.7 Å². The SMILES string of the molecule is CC[C@@H]1CN2CCC3C(=NC4CCCC(OC)C43)C2C[C@@H]1/C(=C\OC)C(=O)OC. The molecule has 5 unspecified atom stereocenters. The topological polar surface area (TPSA) is 60.4 Å². The van der Waals surface area contributed by atoms with Crippen molar-refractivity contribution < 1.29 is 19.0 Å². The molecule has 2 saturated heterocycles. The average molecular weight is 405 g/mol. The van der Waals surface area contributed by atoms with Crippen LogP contribution in [-0.4, -0.2) is 69.2 Å². The third kappa shape index (κ3) is 3.63. The second-order valence-electron chi connectivity index (χ2n) is 9.12. The van der Waals surface area contributed by atoms with Crippen molar-refractivity contribution in [1.82, 2.24) is 4.90 Å². The zero-order valence-corrected chi connectivity index (χ0v) is 18.3. The maximum Gasteiger partial charge on any atom is 0.337 e. The van der Waals surface area contributed by atoms with Gasteiger partial charge in [0.25, 0.3) is 0 Å². The van der Waals surface area contributed by atoms with E-state index in [2.05, 4.69) is 11.8 Å². The minimum Gasteiger partial charge on any atom is -0.504 e. The molecule has 7 atom stereocenters. The van der Waals surface area contributed by atoms with Gasteiger partial charge in [-0.1, -0.05) is 13.3 Å². The zero-order chi connectivity index (χ0) is 20.5. The van der Waals surface area contributed by atoms with Crippen LogP contribution in [0.3, 0.4) is 0 Å². The maximum absolute atomic E-state index is 12.5. The Kier molecular flexibility index (Phi) is 6.30. The van der Waals surface area contributed by atoms with E-state index in [0.29, 0.717) is 41.5 Å². The van der Waals surface area contributed by atoms with Crippen LogP contribution in [0.5, 0.6) is 0 Å². The van der Waals surface area contributed by atoms with Gasteiger partial charge in [-0.25, -0.2) is 4.79 Å². The Labute approximate surface area is 174 Å². The summed E-state index contributed by atoms with van der Waals surface area (Å²) in [6.45, 7) is 4.36. The number of fused-ring (bicyclic) bond motifs is 5.